The zero-order valence-electron chi connectivity index (χ0n) is 11.6. The van der Waals surface area contributed by atoms with E-state index in [1.807, 2.05) is 38.4 Å². The molecule has 0 unspecified atom stereocenters. The summed E-state index contributed by atoms with van der Waals surface area (Å²) in [6.07, 6.45) is 0.925. The van der Waals surface area contributed by atoms with Crippen LogP contribution in [0.2, 0.25) is 0 Å². The number of aromatic nitrogens is 2. The first-order valence-corrected chi connectivity index (χ1v) is 6.36. The van der Waals surface area contributed by atoms with Gasteiger partial charge in [0, 0.05) is 13.5 Å². The fraction of sp³-hybridized carbons (Fsp3) is 0.429. The van der Waals surface area contributed by atoms with Gasteiger partial charge in [0.1, 0.15) is 0 Å². The molecule has 102 valence electrons. The standard InChI is InChI=1S/C14H19N3O2/c1-11(18)17-13-8-5-4-7-12(13)14(15-17)19-10-6-9-16(2)3/h4-5,7-8H,6,9-10H2,1-3H3. The minimum Gasteiger partial charge on any atom is -0.476 e. The highest BCUT2D eigenvalue weighted by molar-refractivity contribution is 5.92. The number of nitrogens with zero attached hydrogens (tertiary/aromatic N) is 3. The Morgan fingerprint density at radius 1 is 1.37 bits per heavy atom. The van der Waals surface area contributed by atoms with Crippen molar-refractivity contribution in [3.05, 3.63) is 24.3 Å². The van der Waals surface area contributed by atoms with Gasteiger partial charge in [0.05, 0.1) is 17.5 Å². The summed E-state index contributed by atoms with van der Waals surface area (Å²) in [4.78, 5) is 13.6. The number of carbonyl (C=O) groups excluding carboxylic acids is 1. The summed E-state index contributed by atoms with van der Waals surface area (Å²) in [7, 11) is 4.06. The zero-order valence-corrected chi connectivity index (χ0v) is 11.6. The number of ether oxygens (including phenoxy) is 1. The number of hydrogen-bond acceptors (Lipinski definition) is 4. The molecule has 1 aromatic heterocycles. The van der Waals surface area contributed by atoms with E-state index in [-0.39, 0.29) is 5.91 Å². The molecule has 0 aliphatic rings. The second-order valence-corrected chi connectivity index (χ2v) is 4.76. The van der Waals surface area contributed by atoms with Gasteiger partial charge in [0.25, 0.3) is 0 Å². The predicted molar refractivity (Wildman–Crippen MR) is 74.7 cm³/mol. The Bertz CT molecular complexity index is 575. The summed E-state index contributed by atoms with van der Waals surface area (Å²) in [5.74, 6) is 0.420. The van der Waals surface area contributed by atoms with E-state index in [1.165, 1.54) is 11.6 Å². The molecule has 0 N–H and O–H groups in total. The van der Waals surface area contributed by atoms with E-state index in [0.29, 0.717) is 12.5 Å². The zero-order chi connectivity index (χ0) is 13.8. The lowest BCUT2D eigenvalue weighted by Crippen LogP contribution is -2.15. The van der Waals surface area contributed by atoms with Crippen molar-refractivity contribution in [1.29, 1.82) is 0 Å². The first-order valence-electron chi connectivity index (χ1n) is 6.36. The highest BCUT2D eigenvalue weighted by Crippen LogP contribution is 2.24. The third-order valence-electron chi connectivity index (χ3n) is 2.84. The van der Waals surface area contributed by atoms with E-state index in [0.717, 1.165) is 23.9 Å². The topological polar surface area (TPSA) is 47.4 Å². The summed E-state index contributed by atoms with van der Waals surface area (Å²) in [5, 5.41) is 5.11. The average Bonchev–Trinajstić information content (AvgIpc) is 2.74. The molecular formula is C14H19N3O2. The number of carbonyl (C=O) groups is 1. The average molecular weight is 261 g/mol. The Kier molecular flexibility index (Phi) is 4.16. The summed E-state index contributed by atoms with van der Waals surface area (Å²) >= 11 is 0. The largest absolute Gasteiger partial charge is 0.476 e. The number of rotatable bonds is 5. The maximum Gasteiger partial charge on any atom is 0.244 e. The van der Waals surface area contributed by atoms with Gasteiger partial charge < -0.3 is 9.64 Å². The second-order valence-electron chi connectivity index (χ2n) is 4.76. The van der Waals surface area contributed by atoms with Crippen molar-refractivity contribution in [2.24, 2.45) is 0 Å². The minimum absolute atomic E-state index is 0.112. The van der Waals surface area contributed by atoms with Gasteiger partial charge in [-0.1, -0.05) is 12.1 Å². The smallest absolute Gasteiger partial charge is 0.244 e. The Morgan fingerprint density at radius 3 is 2.79 bits per heavy atom. The third-order valence-corrected chi connectivity index (χ3v) is 2.84. The fourth-order valence-corrected chi connectivity index (χ4v) is 1.93. The highest BCUT2D eigenvalue weighted by Gasteiger charge is 2.13. The van der Waals surface area contributed by atoms with Gasteiger partial charge in [-0.2, -0.15) is 4.68 Å². The molecule has 2 aromatic rings. The molecule has 0 radical (unpaired) electrons. The van der Waals surface area contributed by atoms with Crippen LogP contribution in [0.4, 0.5) is 0 Å². The van der Waals surface area contributed by atoms with Crippen LogP contribution in [0, 0.1) is 0 Å². The number of hydrogen-bond donors (Lipinski definition) is 0. The highest BCUT2D eigenvalue weighted by atomic mass is 16.5. The second kappa shape index (κ2) is 5.84. The molecule has 0 amide bonds. The van der Waals surface area contributed by atoms with Crippen LogP contribution in [0.25, 0.3) is 10.9 Å². The van der Waals surface area contributed by atoms with Gasteiger partial charge in [-0.3, -0.25) is 4.79 Å². The number of fused-ring (bicyclic) bond motifs is 1. The number of benzene rings is 1. The van der Waals surface area contributed by atoms with Gasteiger partial charge in [-0.15, -0.1) is 5.10 Å². The monoisotopic (exact) mass is 261 g/mol. The molecule has 0 atom stereocenters. The van der Waals surface area contributed by atoms with Crippen molar-refractivity contribution >= 4 is 16.8 Å². The number of para-hydroxylation sites is 1. The van der Waals surface area contributed by atoms with Crippen molar-refractivity contribution in [3.8, 4) is 5.88 Å². The van der Waals surface area contributed by atoms with Crippen LogP contribution in [0.1, 0.15) is 18.1 Å². The van der Waals surface area contributed by atoms with Gasteiger partial charge in [-0.05, 0) is 32.6 Å². The molecule has 19 heavy (non-hydrogen) atoms. The van der Waals surface area contributed by atoms with Crippen molar-refractivity contribution in [1.82, 2.24) is 14.7 Å². The predicted octanol–water partition coefficient (Wildman–Crippen LogP) is 2.03. The molecule has 0 fully saturated rings. The van der Waals surface area contributed by atoms with E-state index in [2.05, 4.69) is 10.00 Å². The minimum atomic E-state index is -0.112. The molecule has 5 nitrogen and oxygen atoms in total. The molecule has 2 rings (SSSR count). The van der Waals surface area contributed by atoms with Crippen LogP contribution in [0.15, 0.2) is 24.3 Å². The van der Waals surface area contributed by atoms with E-state index < -0.39 is 0 Å². The lowest BCUT2D eigenvalue weighted by atomic mass is 10.2. The van der Waals surface area contributed by atoms with Crippen molar-refractivity contribution in [2.75, 3.05) is 27.2 Å². The van der Waals surface area contributed by atoms with Crippen molar-refractivity contribution < 1.29 is 9.53 Å². The van der Waals surface area contributed by atoms with Crippen molar-refractivity contribution in [2.45, 2.75) is 13.3 Å². The van der Waals surface area contributed by atoms with Crippen LogP contribution in [0.5, 0.6) is 5.88 Å². The molecular weight excluding hydrogens is 242 g/mol. The molecule has 1 heterocycles. The molecule has 5 heteroatoms. The van der Waals surface area contributed by atoms with Crippen LogP contribution in [-0.2, 0) is 0 Å². The summed E-state index contributed by atoms with van der Waals surface area (Å²) in [6.45, 7) is 3.05. The van der Waals surface area contributed by atoms with Crippen LogP contribution in [-0.4, -0.2) is 47.8 Å². The van der Waals surface area contributed by atoms with E-state index in [1.54, 1.807) is 0 Å². The maximum absolute atomic E-state index is 11.5. The maximum atomic E-state index is 11.5. The van der Waals surface area contributed by atoms with Gasteiger partial charge in [-0.25, -0.2) is 0 Å². The quantitative estimate of drug-likeness (QED) is 0.773. The first kappa shape index (κ1) is 13.5. The summed E-state index contributed by atoms with van der Waals surface area (Å²) in [5.41, 5.74) is 0.789. The van der Waals surface area contributed by atoms with E-state index in [4.69, 9.17) is 4.74 Å². The Hall–Kier alpha value is -1.88. The Morgan fingerprint density at radius 2 is 2.11 bits per heavy atom. The molecule has 0 saturated heterocycles. The van der Waals surface area contributed by atoms with Crippen molar-refractivity contribution in [3.63, 3.8) is 0 Å². The molecule has 0 saturated carbocycles. The lowest BCUT2D eigenvalue weighted by molar-refractivity contribution is 0.0924. The van der Waals surface area contributed by atoms with Gasteiger partial charge in [0.15, 0.2) is 0 Å². The SMILES string of the molecule is CC(=O)n1nc(OCCCN(C)C)c2ccccc21. The Balaban J connectivity index is 2.16. The third kappa shape index (κ3) is 3.12. The summed E-state index contributed by atoms with van der Waals surface area (Å²) in [6, 6.07) is 7.60. The molecule has 0 bridgehead atoms. The molecule has 0 spiro atoms. The lowest BCUT2D eigenvalue weighted by Gasteiger charge is -2.09. The fourth-order valence-electron chi connectivity index (χ4n) is 1.93. The summed E-state index contributed by atoms with van der Waals surface area (Å²) < 4.78 is 7.08. The normalized spacial score (nSPS) is 11.2. The van der Waals surface area contributed by atoms with Crippen LogP contribution >= 0.6 is 0 Å². The molecule has 1 aromatic carbocycles. The molecule has 0 aliphatic carbocycles. The van der Waals surface area contributed by atoms with Gasteiger partial charge in [0.2, 0.25) is 11.8 Å². The van der Waals surface area contributed by atoms with Gasteiger partial charge >= 0.3 is 0 Å². The van der Waals surface area contributed by atoms with E-state index in [9.17, 15) is 4.79 Å². The Labute approximate surface area is 112 Å². The van der Waals surface area contributed by atoms with Crippen LogP contribution < -0.4 is 4.74 Å². The van der Waals surface area contributed by atoms with Crippen LogP contribution in [0.3, 0.4) is 0 Å². The molecule has 0 aliphatic heterocycles. The first-order chi connectivity index (χ1) is 9.09. The van der Waals surface area contributed by atoms with E-state index >= 15 is 0 Å².